The Kier molecular flexibility index (Phi) is 16.4. The van der Waals surface area contributed by atoms with Crippen molar-refractivity contribution in [2.75, 3.05) is 5.75 Å². The molecule has 1 N–H and O–H groups in total. The summed E-state index contributed by atoms with van der Waals surface area (Å²) < 4.78 is 28.8. The molecule has 6 rings (SSSR count). The minimum atomic E-state index is -3.71. The molecule has 252 valence electrons. The zero-order chi connectivity index (χ0) is 34.6. The molecule has 0 saturated carbocycles. The fourth-order valence-electron chi connectivity index (χ4n) is 5.24. The average Bonchev–Trinajstić information content (AvgIpc) is 3.15. The minimum Gasteiger partial charge on any atom is -0.286 e. The number of unbranched alkanes of at least 4 members (excludes halogenated alkanes) is 4. The normalized spacial score (nSPS) is 10.9. The van der Waals surface area contributed by atoms with Crippen LogP contribution in [0, 0.1) is 0 Å². The maximum atomic E-state index is 10.2. The van der Waals surface area contributed by atoms with Gasteiger partial charge in [-0.15, -0.1) is 0 Å². The Balaban J connectivity index is 0.000000173. The Morgan fingerprint density at radius 3 is 0.816 bits per heavy atom. The van der Waals surface area contributed by atoms with Gasteiger partial charge in [-0.25, -0.2) is 0 Å². The highest BCUT2D eigenvalue weighted by Crippen LogP contribution is 2.33. The minimum absolute atomic E-state index is 0.0866. The monoisotopic (exact) mass is 704 g/mol. The first-order chi connectivity index (χ1) is 24.0. The summed E-state index contributed by atoms with van der Waals surface area (Å²) in [5.74, 6) is -0.0866. The molecule has 0 spiro atoms. The van der Waals surface area contributed by atoms with Crippen LogP contribution in [0.25, 0.3) is 0 Å². The summed E-state index contributed by atoms with van der Waals surface area (Å²) in [6.45, 7) is 2.10. The van der Waals surface area contributed by atoms with E-state index in [9.17, 15) is 8.42 Å². The fourth-order valence-corrected chi connectivity index (χ4v) is 10.4. The van der Waals surface area contributed by atoms with E-state index in [1.54, 1.807) is 0 Å². The van der Waals surface area contributed by atoms with Crippen LogP contribution in [0.3, 0.4) is 0 Å². The van der Waals surface area contributed by atoms with E-state index < -0.39 is 26.0 Å². The summed E-state index contributed by atoms with van der Waals surface area (Å²) in [6, 6.07) is 64.7. The van der Waals surface area contributed by atoms with Gasteiger partial charge in [0.1, 0.15) is 0 Å². The van der Waals surface area contributed by atoms with E-state index in [1.807, 2.05) is 0 Å². The lowest BCUT2D eigenvalue weighted by molar-refractivity contribution is 0.479. The third-order valence-electron chi connectivity index (χ3n) is 7.59. The van der Waals surface area contributed by atoms with Crippen molar-refractivity contribution in [2.45, 2.75) is 39.0 Å². The van der Waals surface area contributed by atoms with E-state index in [1.165, 1.54) is 31.8 Å². The number of hydrogen-bond donors (Lipinski definition) is 1. The molecule has 3 nitrogen and oxygen atoms in total. The molecule has 0 radical (unpaired) electrons. The first-order valence-corrected chi connectivity index (χ1v) is 21.1. The number of rotatable bonds is 12. The smallest absolute Gasteiger partial charge is 0.264 e. The van der Waals surface area contributed by atoms with E-state index in [2.05, 4.69) is 189 Å². The molecule has 0 amide bonds. The van der Waals surface area contributed by atoms with Crippen molar-refractivity contribution >= 4 is 57.8 Å². The summed E-state index contributed by atoms with van der Waals surface area (Å²) in [7, 11) is -4.60. The van der Waals surface area contributed by atoms with Gasteiger partial charge in [0.2, 0.25) is 0 Å². The number of hydrogen-bond acceptors (Lipinski definition) is 2. The third kappa shape index (κ3) is 13.5. The van der Waals surface area contributed by atoms with Gasteiger partial charge < -0.3 is 0 Å². The second-order valence-electron chi connectivity index (χ2n) is 11.4. The molecule has 49 heavy (non-hydrogen) atoms. The van der Waals surface area contributed by atoms with Crippen molar-refractivity contribution in [3.05, 3.63) is 182 Å². The molecule has 0 saturated heterocycles. The zero-order valence-electron chi connectivity index (χ0n) is 28.1. The maximum Gasteiger partial charge on any atom is 0.264 e. The Hall–Kier alpha value is -3.91. The van der Waals surface area contributed by atoms with Crippen LogP contribution in [0.2, 0.25) is 0 Å². The van der Waals surface area contributed by atoms with Crippen LogP contribution >= 0.6 is 15.8 Å². The molecule has 6 aromatic carbocycles. The van der Waals surface area contributed by atoms with Gasteiger partial charge in [0, 0.05) is 0 Å². The molecular formula is C43H46O3P2S. The Morgan fingerprint density at radius 2 is 0.612 bits per heavy atom. The lowest BCUT2D eigenvalue weighted by Crippen LogP contribution is -2.20. The van der Waals surface area contributed by atoms with Crippen LogP contribution < -0.4 is 31.8 Å². The van der Waals surface area contributed by atoms with Crippen LogP contribution in [0.5, 0.6) is 0 Å². The Labute approximate surface area is 296 Å². The third-order valence-corrected chi connectivity index (χ3v) is 13.3. The number of benzene rings is 6. The lowest BCUT2D eigenvalue weighted by Gasteiger charge is -2.18. The molecule has 0 aliphatic rings. The average molecular weight is 705 g/mol. The standard InChI is InChI=1S/2C18H15P.C7H16O3S/c2*1-4-10-16(11-5-1)19(17-12-6-2-7-13-17)18-14-8-3-9-15-18;1-2-3-4-5-6-7-11(8,9)10/h2*1-15H;2-7H2,1H3,(H,8,9,10). The van der Waals surface area contributed by atoms with Crippen molar-refractivity contribution < 1.29 is 13.0 Å². The van der Waals surface area contributed by atoms with Gasteiger partial charge in [-0.1, -0.05) is 215 Å². The zero-order valence-corrected chi connectivity index (χ0v) is 30.7. The van der Waals surface area contributed by atoms with Crippen LogP contribution in [0.1, 0.15) is 39.0 Å². The predicted molar refractivity (Wildman–Crippen MR) is 215 cm³/mol. The molecular weight excluding hydrogens is 658 g/mol. The van der Waals surface area contributed by atoms with Gasteiger partial charge in [-0.3, -0.25) is 4.55 Å². The molecule has 6 aromatic rings. The molecule has 0 fully saturated rings. The lowest BCUT2D eigenvalue weighted by atomic mass is 10.2. The van der Waals surface area contributed by atoms with Gasteiger partial charge in [0.25, 0.3) is 10.1 Å². The SMILES string of the molecule is CCCCCCCS(=O)(=O)O.c1ccc(P(c2ccccc2)c2ccccc2)cc1.c1ccc(P(c2ccccc2)c2ccccc2)cc1. The van der Waals surface area contributed by atoms with Crippen molar-refractivity contribution in [3.63, 3.8) is 0 Å². The molecule has 0 aliphatic heterocycles. The summed E-state index contributed by atoms with van der Waals surface area (Å²) in [5.41, 5.74) is 0. The van der Waals surface area contributed by atoms with Crippen molar-refractivity contribution in [1.29, 1.82) is 0 Å². The quantitative estimate of drug-likeness (QED) is 0.0788. The second kappa shape index (κ2) is 21.2. The molecule has 0 atom stereocenters. The summed E-state index contributed by atoms with van der Waals surface area (Å²) in [6.07, 6.45) is 4.83. The van der Waals surface area contributed by atoms with Crippen LogP contribution in [0.15, 0.2) is 182 Å². The first-order valence-electron chi connectivity index (χ1n) is 16.8. The topological polar surface area (TPSA) is 54.4 Å². The molecule has 0 bridgehead atoms. The van der Waals surface area contributed by atoms with Gasteiger partial charge >= 0.3 is 0 Å². The highest BCUT2D eigenvalue weighted by Gasteiger charge is 2.16. The summed E-state index contributed by atoms with van der Waals surface area (Å²) >= 11 is 0. The van der Waals surface area contributed by atoms with Crippen molar-refractivity contribution in [2.24, 2.45) is 0 Å². The van der Waals surface area contributed by atoms with Crippen LogP contribution in [-0.2, 0) is 10.1 Å². The van der Waals surface area contributed by atoms with E-state index in [4.69, 9.17) is 4.55 Å². The Morgan fingerprint density at radius 1 is 0.388 bits per heavy atom. The molecule has 0 unspecified atom stereocenters. The summed E-state index contributed by atoms with van der Waals surface area (Å²) in [4.78, 5) is 0. The highest BCUT2D eigenvalue weighted by atomic mass is 32.2. The van der Waals surface area contributed by atoms with Crippen molar-refractivity contribution in [1.82, 2.24) is 0 Å². The van der Waals surface area contributed by atoms with E-state index in [0.29, 0.717) is 6.42 Å². The van der Waals surface area contributed by atoms with E-state index in [-0.39, 0.29) is 5.75 Å². The second-order valence-corrected chi connectivity index (χ2v) is 17.4. The maximum absolute atomic E-state index is 10.2. The molecule has 6 heteroatoms. The van der Waals surface area contributed by atoms with E-state index in [0.717, 1.165) is 25.7 Å². The molecule has 0 heterocycles. The Bertz CT molecular complexity index is 1520. The van der Waals surface area contributed by atoms with E-state index >= 15 is 0 Å². The first kappa shape index (κ1) is 37.9. The largest absolute Gasteiger partial charge is 0.286 e. The van der Waals surface area contributed by atoms with Crippen LogP contribution in [-0.4, -0.2) is 18.7 Å². The van der Waals surface area contributed by atoms with Crippen LogP contribution in [0.4, 0.5) is 0 Å². The van der Waals surface area contributed by atoms with Crippen molar-refractivity contribution in [3.8, 4) is 0 Å². The van der Waals surface area contributed by atoms with Gasteiger partial charge in [0.15, 0.2) is 0 Å². The highest BCUT2D eigenvalue weighted by molar-refractivity contribution is 7.85. The fraction of sp³-hybridized carbons (Fsp3) is 0.163. The predicted octanol–water partition coefficient (Wildman–Crippen LogP) is 8.73. The summed E-state index contributed by atoms with van der Waals surface area (Å²) in [5, 5.41) is 8.39. The van der Waals surface area contributed by atoms with Gasteiger partial charge in [-0.2, -0.15) is 8.42 Å². The van der Waals surface area contributed by atoms with Gasteiger partial charge in [-0.05, 0) is 54.1 Å². The molecule has 0 aliphatic carbocycles. The van der Waals surface area contributed by atoms with Gasteiger partial charge in [0.05, 0.1) is 5.75 Å². The molecule has 0 aromatic heterocycles.